The number of benzene rings is 9. The molecule has 0 spiro atoms. The van der Waals surface area contributed by atoms with Crippen molar-refractivity contribution in [3.63, 3.8) is 0 Å². The van der Waals surface area contributed by atoms with Gasteiger partial charge >= 0.3 is 0 Å². The zero-order valence-corrected chi connectivity index (χ0v) is 59.1. The van der Waals surface area contributed by atoms with Crippen molar-refractivity contribution in [2.24, 2.45) is 4.13 Å². The Morgan fingerprint density at radius 1 is 0.457 bits per heavy atom. The number of allylic oxidation sites excluding steroid dienone is 2. The maximum atomic E-state index is 13.1. The first kappa shape index (κ1) is 78.5. The van der Waals surface area contributed by atoms with Gasteiger partial charge in [0.05, 0.1) is 14.7 Å². The molecule has 1 atom stereocenters. The number of unbranched alkanes of at least 4 members (excludes halogenated alkanes) is 3. The molecule has 3 N–H and O–H groups in total. The molecule has 0 radical (unpaired) electrons. The van der Waals surface area contributed by atoms with Crippen LogP contribution < -0.4 is 40.8 Å². The number of rotatable bonds is 23. The molecule has 1 unspecified atom stereocenters. The minimum atomic E-state index is -3.61. The van der Waals surface area contributed by atoms with E-state index in [1.165, 1.54) is 48.8 Å². The number of hydrogen-bond donors (Lipinski definition) is 3. The Labute approximate surface area is 567 Å². The Balaban J connectivity index is 0.000000272. The third-order valence-electron chi connectivity index (χ3n) is 14.6. The molecule has 0 bridgehead atoms. The molecule has 10 rings (SSSR count). The molecule has 0 amide bonds. The third kappa shape index (κ3) is 26.1. The van der Waals surface area contributed by atoms with Crippen molar-refractivity contribution in [3.8, 4) is 0 Å². The zero-order chi connectivity index (χ0) is 63.0. The van der Waals surface area contributed by atoms with E-state index in [1.807, 2.05) is 218 Å². The summed E-state index contributed by atoms with van der Waals surface area (Å²) in [5.41, 5.74) is 3.53. The Morgan fingerprint density at radius 3 is 1.18 bits per heavy atom. The SMILES string of the molecule is C.C1=C/CCCCC[CH-]/1.CCCCc1ccc(S(=O)(=O)NP(c2ccccc2)c2ccccc2)cc1.CCCCc1ccc(S(=O)(=O)N[PH+](c2ccccc2)c2ccccc2)cc1.CCCCc1ccc(S(=O)(O)=N[PH+](c2ccccc2)c2ccccc2)cc1.[CH3-].[Ni]. The third-order valence-corrected chi connectivity index (χ3v) is 27.8. The zero-order valence-electron chi connectivity index (χ0n) is 52.8. The molecule has 1 aliphatic rings. The fourth-order valence-electron chi connectivity index (χ4n) is 9.55. The van der Waals surface area contributed by atoms with Gasteiger partial charge in [-0.3, -0.25) is 4.55 Å². The largest absolute Gasteiger partial charge is 0.358 e. The second-order valence-electron chi connectivity index (χ2n) is 21.5. The molecule has 492 valence electrons. The summed E-state index contributed by atoms with van der Waals surface area (Å²) in [4.78, 5) is 0.997. The predicted molar refractivity (Wildman–Crippen MR) is 397 cm³/mol. The summed E-state index contributed by atoms with van der Waals surface area (Å²) in [6, 6.07) is 80.5. The van der Waals surface area contributed by atoms with Gasteiger partial charge in [0.1, 0.15) is 29.3 Å². The number of sulfonamides is 2. The van der Waals surface area contributed by atoms with Gasteiger partial charge in [-0.2, -0.15) is 4.49 Å². The topological polar surface area (TPSA) is 142 Å². The molecule has 92 heavy (non-hydrogen) atoms. The van der Waals surface area contributed by atoms with Crippen LogP contribution >= 0.6 is 24.2 Å². The Morgan fingerprint density at radius 2 is 0.804 bits per heavy atom. The Hall–Kier alpha value is -5.90. The van der Waals surface area contributed by atoms with Crippen LogP contribution in [0.4, 0.5) is 0 Å². The maximum Gasteiger partial charge on any atom is 0.270 e. The number of nitrogens with one attached hydrogen (secondary N) is 2. The molecular weight excluding hydrogens is 1300 g/mol. The van der Waals surface area contributed by atoms with E-state index in [9.17, 15) is 25.6 Å². The maximum absolute atomic E-state index is 13.1. The van der Waals surface area contributed by atoms with Gasteiger partial charge < -0.3 is 7.43 Å². The van der Waals surface area contributed by atoms with Crippen molar-refractivity contribution in [2.75, 3.05) is 0 Å². The Bertz CT molecular complexity index is 3550. The van der Waals surface area contributed by atoms with Crippen LogP contribution in [-0.2, 0) is 65.8 Å². The van der Waals surface area contributed by atoms with E-state index in [1.54, 1.807) is 36.4 Å². The van der Waals surface area contributed by atoms with Crippen molar-refractivity contribution in [1.82, 2.24) is 8.99 Å². The number of hydrogen-bond acceptors (Lipinski definition) is 6. The first-order chi connectivity index (χ1) is 43.3. The quantitative estimate of drug-likeness (QED) is 0.0331. The van der Waals surface area contributed by atoms with Crippen LogP contribution in [0, 0.1) is 13.8 Å². The fourth-order valence-corrected chi connectivity index (χ4v) is 22.0. The molecule has 0 saturated heterocycles. The normalized spacial score (nSPS) is 12.9. The standard InChI is InChI=1S/3C22H24NO2PS.C8H13.CH4.CH3.Ni/c3*1-2-3-10-19-15-17-22(18-16-19)27(24,25)23-26(20-11-6-4-7-12-20)21-13-8-5-9-14-21;1-2-4-6-8-7-5-3-1;;;/h4-9,11-18H,2-3,10H2,1H3,(H,23,24,25);2*4-9,11-18,23H,2-3,10H2,1H3;1-3H,4-8H2;1H4;1H3;/q;;;-1;;-1;/p+2/b;;;2-1+;;;. The molecule has 16 heteroatoms. The van der Waals surface area contributed by atoms with E-state index in [-0.39, 0.29) is 31.3 Å². The predicted octanol–water partition coefficient (Wildman–Crippen LogP) is 17.3. The van der Waals surface area contributed by atoms with Gasteiger partial charge in [0.25, 0.3) is 10.0 Å². The fraction of sp³-hybridized carbons (Fsp3) is 0.237. The van der Waals surface area contributed by atoms with Crippen molar-refractivity contribution < 1.29 is 42.1 Å². The van der Waals surface area contributed by atoms with Crippen molar-refractivity contribution in [2.45, 2.75) is 133 Å². The molecule has 0 aromatic heterocycles. The average molecular weight is 1390 g/mol. The van der Waals surface area contributed by atoms with Crippen molar-refractivity contribution in [3.05, 3.63) is 297 Å². The molecule has 0 aliphatic heterocycles. The van der Waals surface area contributed by atoms with Gasteiger partial charge in [-0.25, -0.2) is 39.6 Å². The van der Waals surface area contributed by atoms with E-state index >= 15 is 0 Å². The van der Waals surface area contributed by atoms with Gasteiger partial charge in [0.15, 0.2) is 8.07 Å². The summed E-state index contributed by atoms with van der Waals surface area (Å²) in [5, 5.41) is 5.96. The van der Waals surface area contributed by atoms with Gasteiger partial charge in [-0.1, -0.05) is 241 Å². The second-order valence-corrected chi connectivity index (χ2v) is 33.7. The second kappa shape index (κ2) is 42.4. The minimum absolute atomic E-state index is 0. The van der Waals surface area contributed by atoms with Crippen LogP contribution in [0.5, 0.6) is 0 Å². The molecular formula is C76H94N3NiO6P3S3. The van der Waals surface area contributed by atoms with Gasteiger partial charge in [0.2, 0.25) is 20.0 Å². The van der Waals surface area contributed by atoms with E-state index < -0.39 is 54.3 Å². The van der Waals surface area contributed by atoms with Crippen LogP contribution in [0.1, 0.15) is 116 Å². The summed E-state index contributed by atoms with van der Waals surface area (Å²) in [6.45, 7) is 6.46. The van der Waals surface area contributed by atoms with E-state index in [4.69, 9.17) is 0 Å². The van der Waals surface area contributed by atoms with E-state index in [2.05, 4.69) is 52.5 Å². The summed E-state index contributed by atoms with van der Waals surface area (Å²) in [7, 11) is -15.3. The summed E-state index contributed by atoms with van der Waals surface area (Å²) in [6.07, 6.45) is 23.2. The van der Waals surface area contributed by atoms with Crippen LogP contribution in [0.25, 0.3) is 0 Å². The van der Waals surface area contributed by atoms with Crippen LogP contribution in [-0.4, -0.2) is 25.6 Å². The van der Waals surface area contributed by atoms with Crippen LogP contribution in [0.15, 0.2) is 286 Å². The molecule has 1 aliphatic carbocycles. The molecule has 0 saturated carbocycles. The first-order valence-corrected chi connectivity index (χ1v) is 39.7. The average Bonchev–Trinajstić information content (AvgIpc) is 1.07. The van der Waals surface area contributed by atoms with Crippen LogP contribution in [0.3, 0.4) is 0 Å². The Kier molecular flexibility index (Phi) is 36.2. The first-order valence-electron chi connectivity index (χ1n) is 31.0. The molecule has 9 nitrogen and oxygen atoms in total. The smallest absolute Gasteiger partial charge is 0.270 e. The molecule has 9 aromatic carbocycles. The number of nitrogens with zero attached hydrogens (tertiary/aromatic N) is 1. The van der Waals surface area contributed by atoms with Gasteiger partial charge in [-0.05, 0) is 155 Å². The van der Waals surface area contributed by atoms with Crippen molar-refractivity contribution in [1.29, 1.82) is 0 Å². The summed E-state index contributed by atoms with van der Waals surface area (Å²) < 4.78 is 86.3. The summed E-state index contributed by atoms with van der Waals surface area (Å²) in [5.74, 6) is 0. The molecule has 0 fully saturated rings. The van der Waals surface area contributed by atoms with Crippen LogP contribution in [0.2, 0.25) is 0 Å². The number of aryl methyl sites for hydroxylation is 3. The minimum Gasteiger partial charge on any atom is -0.358 e. The van der Waals surface area contributed by atoms with Gasteiger partial charge in [0, 0.05) is 24.6 Å². The summed E-state index contributed by atoms with van der Waals surface area (Å²) >= 11 is 0. The molecule has 0 heterocycles. The van der Waals surface area contributed by atoms with E-state index in [0.29, 0.717) is 14.7 Å². The van der Waals surface area contributed by atoms with Gasteiger partial charge in [-0.15, -0.1) is 12.8 Å². The molecule has 9 aromatic rings. The van der Waals surface area contributed by atoms with Crippen molar-refractivity contribution >= 4 is 86.1 Å². The monoisotopic (exact) mass is 1390 g/mol. The van der Waals surface area contributed by atoms with E-state index in [0.717, 1.165) is 89.6 Å².